The van der Waals surface area contributed by atoms with Gasteiger partial charge in [-0.25, -0.2) is 9.59 Å². The number of carbonyl (C=O) groups is 2. The largest absolute Gasteiger partial charge is 0.479 e. The van der Waals surface area contributed by atoms with Gasteiger partial charge in [-0.2, -0.15) is 0 Å². The average Bonchev–Trinajstić information content (AvgIpc) is 1.63. The van der Waals surface area contributed by atoms with Gasteiger partial charge in [0.15, 0.2) is 0 Å². The van der Waals surface area contributed by atoms with E-state index < -0.39 is 18.1 Å². The molecule has 0 radical (unpaired) electrons. The fraction of sp³-hybridized carbons (Fsp3) is 0.500. The van der Waals surface area contributed by atoms with Gasteiger partial charge >= 0.3 is 12.0 Å². The lowest BCUT2D eigenvalue weighted by Crippen LogP contribution is -2.18. The maximum absolute atomic E-state index is 9.45. The van der Waals surface area contributed by atoms with E-state index >= 15 is 0 Å². The lowest BCUT2D eigenvalue weighted by molar-refractivity contribution is -0.145. The Morgan fingerprint density at radius 1 is 1.36 bits per heavy atom. The molecule has 11 heavy (non-hydrogen) atoms. The minimum Gasteiger partial charge on any atom is -0.479 e. The van der Waals surface area contributed by atoms with Crippen molar-refractivity contribution in [2.45, 2.75) is 13.0 Å². The topological polar surface area (TPSA) is 162 Å². The molecule has 0 fully saturated rings. The van der Waals surface area contributed by atoms with Gasteiger partial charge in [0.25, 0.3) is 0 Å². The van der Waals surface area contributed by atoms with Gasteiger partial charge in [-0.05, 0) is 6.92 Å². The zero-order chi connectivity index (χ0) is 8.73. The van der Waals surface area contributed by atoms with Gasteiger partial charge in [0.2, 0.25) is 0 Å². The molecule has 0 aliphatic heterocycles. The first-order valence-corrected chi connectivity index (χ1v) is 2.33. The van der Waals surface area contributed by atoms with E-state index in [0.717, 1.165) is 0 Å². The van der Waals surface area contributed by atoms with E-state index in [0.29, 0.717) is 0 Å². The van der Waals surface area contributed by atoms with E-state index in [9.17, 15) is 4.79 Å². The maximum Gasteiger partial charge on any atom is 0.332 e. The molecule has 0 aliphatic carbocycles. The molecule has 2 amide bonds. The second-order valence-electron chi connectivity index (χ2n) is 1.42. The summed E-state index contributed by atoms with van der Waals surface area (Å²) in [4.78, 5) is 18.4. The Labute approximate surface area is 63.6 Å². The standard InChI is InChI=1S/C3H6O3.CH4N2O.H3N/c1-2(4)3(5)6;2-1(3)4;/h2,4H,1H3,(H,5,6);(H4,2,3,4);1H3. The van der Waals surface area contributed by atoms with Gasteiger partial charge in [-0.1, -0.05) is 0 Å². The maximum atomic E-state index is 9.45. The van der Waals surface area contributed by atoms with Crippen molar-refractivity contribution >= 4 is 12.0 Å². The van der Waals surface area contributed by atoms with Gasteiger partial charge < -0.3 is 27.8 Å². The number of hydrogen-bond donors (Lipinski definition) is 5. The number of primary amides is 2. The lowest BCUT2D eigenvalue weighted by atomic mass is 10.4. The smallest absolute Gasteiger partial charge is 0.332 e. The van der Waals surface area contributed by atoms with Gasteiger partial charge in [0, 0.05) is 0 Å². The van der Waals surface area contributed by atoms with Crippen LogP contribution in [0.5, 0.6) is 0 Å². The third kappa shape index (κ3) is 54.3. The number of carboxylic acid groups (broad SMARTS) is 1. The number of urea groups is 1. The van der Waals surface area contributed by atoms with Crippen molar-refractivity contribution in [1.29, 1.82) is 0 Å². The molecule has 0 saturated carbocycles. The number of nitrogens with two attached hydrogens (primary N) is 2. The van der Waals surface area contributed by atoms with Gasteiger partial charge in [-0.3, -0.25) is 0 Å². The molecule has 0 rings (SSSR count). The molecule has 0 aromatic rings. The van der Waals surface area contributed by atoms with Crippen LogP contribution in [0.3, 0.4) is 0 Å². The van der Waals surface area contributed by atoms with Crippen molar-refractivity contribution in [1.82, 2.24) is 6.15 Å². The Morgan fingerprint density at radius 2 is 1.45 bits per heavy atom. The van der Waals surface area contributed by atoms with Crippen molar-refractivity contribution in [3.63, 3.8) is 0 Å². The first-order chi connectivity index (χ1) is 4.37. The summed E-state index contributed by atoms with van der Waals surface area (Å²) in [5.41, 5.74) is 8.50. The third-order valence-electron chi connectivity index (χ3n) is 0.357. The fourth-order valence-electron chi connectivity index (χ4n) is 0. The lowest BCUT2D eigenvalue weighted by Gasteiger charge is -1.89. The third-order valence-corrected chi connectivity index (χ3v) is 0.357. The van der Waals surface area contributed by atoms with E-state index in [-0.39, 0.29) is 6.15 Å². The summed E-state index contributed by atoms with van der Waals surface area (Å²) < 4.78 is 0. The van der Waals surface area contributed by atoms with Crippen LogP contribution in [-0.2, 0) is 4.79 Å². The predicted molar refractivity (Wildman–Crippen MR) is 38.1 cm³/mol. The molecule has 1 unspecified atom stereocenters. The summed E-state index contributed by atoms with van der Waals surface area (Å²) in [5, 5.41) is 15.8. The van der Waals surface area contributed by atoms with Crippen LogP contribution in [0, 0.1) is 0 Å². The fourth-order valence-corrected chi connectivity index (χ4v) is 0. The highest BCUT2D eigenvalue weighted by Crippen LogP contribution is 1.73. The van der Waals surface area contributed by atoms with E-state index in [4.69, 9.17) is 15.0 Å². The molecular weight excluding hydrogens is 154 g/mol. The van der Waals surface area contributed by atoms with Crippen LogP contribution >= 0.6 is 0 Å². The van der Waals surface area contributed by atoms with Crippen molar-refractivity contribution in [3.8, 4) is 0 Å². The molecular formula is C4H13N3O4. The summed E-state index contributed by atoms with van der Waals surface area (Å²) >= 11 is 0. The Balaban J connectivity index is -0.000000114. The first-order valence-electron chi connectivity index (χ1n) is 2.33. The molecule has 0 aliphatic rings. The van der Waals surface area contributed by atoms with E-state index in [1.807, 2.05) is 0 Å². The van der Waals surface area contributed by atoms with Crippen molar-refractivity contribution < 1.29 is 19.8 Å². The SMILES string of the molecule is CC(O)C(=O)O.N.NC(N)=O. The van der Waals surface area contributed by atoms with Crippen LogP contribution in [0.15, 0.2) is 0 Å². The monoisotopic (exact) mass is 167 g/mol. The van der Waals surface area contributed by atoms with Crippen LogP contribution in [0.1, 0.15) is 6.92 Å². The van der Waals surface area contributed by atoms with Crippen molar-refractivity contribution in [2.24, 2.45) is 11.5 Å². The molecule has 0 bridgehead atoms. The van der Waals surface area contributed by atoms with Crippen LogP contribution < -0.4 is 17.6 Å². The zero-order valence-electron chi connectivity index (χ0n) is 6.15. The second-order valence-corrected chi connectivity index (χ2v) is 1.42. The molecule has 0 aromatic carbocycles. The summed E-state index contributed by atoms with van der Waals surface area (Å²) in [6.07, 6.45) is -1.23. The van der Waals surface area contributed by atoms with Crippen LogP contribution in [0.4, 0.5) is 4.79 Å². The summed E-state index contributed by atoms with van der Waals surface area (Å²) in [5.74, 6) is -1.19. The van der Waals surface area contributed by atoms with Crippen LogP contribution in [-0.4, -0.2) is 28.3 Å². The van der Waals surface area contributed by atoms with Crippen molar-refractivity contribution in [3.05, 3.63) is 0 Å². The van der Waals surface area contributed by atoms with Crippen LogP contribution in [0.25, 0.3) is 0 Å². The summed E-state index contributed by atoms with van der Waals surface area (Å²) in [7, 11) is 0. The average molecular weight is 167 g/mol. The number of rotatable bonds is 1. The Morgan fingerprint density at radius 3 is 1.45 bits per heavy atom. The van der Waals surface area contributed by atoms with Gasteiger partial charge in [-0.15, -0.1) is 0 Å². The summed E-state index contributed by atoms with van der Waals surface area (Å²) in [6.45, 7) is 1.20. The predicted octanol–water partition coefficient (Wildman–Crippen LogP) is -1.36. The molecule has 68 valence electrons. The molecule has 0 aromatic heterocycles. The molecule has 0 heterocycles. The van der Waals surface area contributed by atoms with Gasteiger partial charge in [0.05, 0.1) is 0 Å². The number of carboxylic acids is 1. The highest BCUT2D eigenvalue weighted by molar-refractivity contribution is 5.71. The molecule has 1 atom stereocenters. The number of hydrogen-bond acceptors (Lipinski definition) is 4. The number of aliphatic hydroxyl groups excluding tert-OH is 1. The highest BCUT2D eigenvalue weighted by Gasteiger charge is 2.01. The van der Waals surface area contributed by atoms with Gasteiger partial charge in [0.1, 0.15) is 6.10 Å². The highest BCUT2D eigenvalue weighted by atomic mass is 16.4. The molecule has 0 spiro atoms. The summed E-state index contributed by atoms with van der Waals surface area (Å²) in [6, 6.07) is -0.833. The molecule has 7 nitrogen and oxygen atoms in total. The zero-order valence-corrected chi connectivity index (χ0v) is 6.15. The number of aliphatic carboxylic acids is 1. The number of carbonyl (C=O) groups excluding carboxylic acids is 1. The molecule has 0 saturated heterocycles. The Hall–Kier alpha value is -1.34. The normalized spacial score (nSPS) is 9.64. The number of amides is 2. The van der Waals surface area contributed by atoms with E-state index in [2.05, 4.69) is 11.5 Å². The minimum atomic E-state index is -1.23. The Kier molecular flexibility index (Phi) is 12.9. The quantitative estimate of drug-likeness (QED) is 0.325. The first kappa shape index (κ1) is 16.3. The second kappa shape index (κ2) is 8.66. The molecule has 7 heteroatoms. The minimum absolute atomic E-state index is 0. The Bertz CT molecular complexity index is 121. The van der Waals surface area contributed by atoms with Crippen LogP contribution in [0.2, 0.25) is 0 Å². The van der Waals surface area contributed by atoms with E-state index in [1.54, 1.807) is 0 Å². The van der Waals surface area contributed by atoms with Crippen molar-refractivity contribution in [2.75, 3.05) is 0 Å². The van der Waals surface area contributed by atoms with E-state index in [1.165, 1.54) is 6.92 Å². The number of aliphatic hydroxyl groups is 1. The molecule has 9 N–H and O–H groups in total.